The Hall–Kier alpha value is -8.87. The Morgan fingerprint density at radius 3 is 1.02 bits per heavy atom. The van der Waals surface area contributed by atoms with Crippen molar-refractivity contribution in [2.75, 3.05) is 14.7 Å². The second-order valence-corrected chi connectivity index (χ2v) is 37.3. The molecular formula is C92H103B2N3O3. The van der Waals surface area contributed by atoms with Crippen molar-refractivity contribution in [3.8, 4) is 34.5 Å². The van der Waals surface area contributed by atoms with Crippen LogP contribution < -0.4 is 61.7 Å². The Kier molecular flexibility index (Phi) is 15.9. The summed E-state index contributed by atoms with van der Waals surface area (Å²) >= 11 is 0. The molecule has 0 N–H and O–H groups in total. The van der Waals surface area contributed by atoms with Crippen LogP contribution in [0.5, 0.6) is 34.5 Å². The standard InChI is InChI=1S/C92H103B2N3O3/c1-85(2,3)56-35-39-65(40-36-56)98-67-50-76-83-77(51-67)97(64-44-58(87(7,8)9)43-59(45-64)88(10,11)12)75-48-60(89(13,14)15)46-69(91(19,20)21)81(75)93(83)71-54-72-74(55-73(71)95(76)62-31-27-25-28-32-62)96(63-33-29-26-30-34-63)78-52-68(99-66-41-37-57(38-42-66)86(4,5)6)53-80-84(78)94(72)82-70(92(22,23)24)47-61(90(16,17)18)49-79(82)100-80/h25-55H,1-24H3. The quantitative estimate of drug-likeness (QED) is 0.148. The lowest BCUT2D eigenvalue weighted by atomic mass is 9.29. The Morgan fingerprint density at radius 2 is 0.600 bits per heavy atom. The molecule has 8 heteroatoms. The number of para-hydroxylation sites is 2. The molecule has 4 heterocycles. The fourth-order valence-corrected chi connectivity index (χ4v) is 15.6. The third-order valence-electron chi connectivity index (χ3n) is 21.3. The Labute approximate surface area is 599 Å². The molecule has 4 aliphatic rings. The fourth-order valence-electron chi connectivity index (χ4n) is 15.6. The van der Waals surface area contributed by atoms with Crippen LogP contribution in [0.1, 0.15) is 211 Å². The van der Waals surface area contributed by atoms with Crippen LogP contribution in [0.4, 0.5) is 51.2 Å². The van der Waals surface area contributed by atoms with Crippen molar-refractivity contribution in [2.45, 2.75) is 209 Å². The third kappa shape index (κ3) is 12.1. The van der Waals surface area contributed by atoms with Gasteiger partial charge in [-0.1, -0.05) is 251 Å². The minimum Gasteiger partial charge on any atom is -0.458 e. The van der Waals surface area contributed by atoms with Gasteiger partial charge in [-0.25, -0.2) is 0 Å². The number of anilines is 9. The van der Waals surface area contributed by atoms with Crippen LogP contribution in [-0.2, 0) is 43.3 Å². The van der Waals surface area contributed by atoms with Gasteiger partial charge in [-0.05, 0) is 199 Å². The number of hydrogen-bond acceptors (Lipinski definition) is 6. The lowest BCUT2D eigenvalue weighted by Crippen LogP contribution is -2.66. The molecule has 10 aromatic carbocycles. The molecule has 14 rings (SSSR count). The molecule has 6 nitrogen and oxygen atoms in total. The largest absolute Gasteiger partial charge is 0.458 e. The maximum atomic E-state index is 7.63. The summed E-state index contributed by atoms with van der Waals surface area (Å²) in [6, 6.07) is 71.2. The van der Waals surface area contributed by atoms with Gasteiger partial charge in [-0.2, -0.15) is 0 Å². The summed E-state index contributed by atoms with van der Waals surface area (Å²) < 4.78 is 22.2. The first-order valence-corrected chi connectivity index (χ1v) is 36.4. The highest BCUT2D eigenvalue weighted by atomic mass is 16.5. The summed E-state index contributed by atoms with van der Waals surface area (Å²) in [6.07, 6.45) is 0. The summed E-state index contributed by atoms with van der Waals surface area (Å²) in [5, 5.41) is 0. The van der Waals surface area contributed by atoms with E-state index < -0.39 is 0 Å². The molecule has 0 spiro atoms. The molecule has 0 unspecified atom stereocenters. The van der Waals surface area contributed by atoms with E-state index in [1.165, 1.54) is 77.5 Å². The molecule has 0 bridgehead atoms. The van der Waals surface area contributed by atoms with Gasteiger partial charge in [0.2, 0.25) is 0 Å². The van der Waals surface area contributed by atoms with E-state index >= 15 is 0 Å². The number of benzene rings is 10. The van der Waals surface area contributed by atoms with Gasteiger partial charge >= 0.3 is 0 Å². The van der Waals surface area contributed by atoms with E-state index in [-0.39, 0.29) is 56.7 Å². The van der Waals surface area contributed by atoms with E-state index in [4.69, 9.17) is 14.2 Å². The van der Waals surface area contributed by atoms with Crippen molar-refractivity contribution in [1.29, 1.82) is 0 Å². The molecule has 0 saturated carbocycles. The van der Waals surface area contributed by atoms with E-state index in [2.05, 4.69) is 369 Å². The number of ether oxygens (including phenoxy) is 3. The summed E-state index contributed by atoms with van der Waals surface area (Å²) in [4.78, 5) is 7.72. The molecule has 0 fully saturated rings. The number of nitrogens with zero attached hydrogens (tertiary/aromatic N) is 3. The molecular weight excluding hydrogens is 1220 g/mol. The lowest BCUT2D eigenvalue weighted by Gasteiger charge is -2.48. The highest BCUT2D eigenvalue weighted by molar-refractivity contribution is 7.03. The number of hydrogen-bond donors (Lipinski definition) is 0. The van der Waals surface area contributed by atoms with Crippen molar-refractivity contribution >= 4 is 97.4 Å². The molecule has 0 saturated heterocycles. The maximum absolute atomic E-state index is 7.63. The van der Waals surface area contributed by atoms with Crippen LogP contribution >= 0.6 is 0 Å². The summed E-state index contributed by atoms with van der Waals surface area (Å²) in [6.45, 7) is 55.7. The molecule has 0 amide bonds. The van der Waals surface area contributed by atoms with Crippen LogP contribution in [0.3, 0.4) is 0 Å². The van der Waals surface area contributed by atoms with Gasteiger partial charge in [0.15, 0.2) is 0 Å². The zero-order valence-electron chi connectivity index (χ0n) is 64.1. The van der Waals surface area contributed by atoms with E-state index in [1.54, 1.807) is 0 Å². The van der Waals surface area contributed by atoms with Crippen molar-refractivity contribution in [2.24, 2.45) is 0 Å². The fraction of sp³-hybridized carbons (Fsp3) is 0.348. The summed E-state index contributed by atoms with van der Waals surface area (Å²) in [5.74, 6) is 4.69. The van der Waals surface area contributed by atoms with Crippen LogP contribution in [-0.4, -0.2) is 13.4 Å². The summed E-state index contributed by atoms with van der Waals surface area (Å²) in [7, 11) is 0. The molecule has 10 aromatic rings. The van der Waals surface area contributed by atoms with Crippen molar-refractivity contribution < 1.29 is 14.2 Å². The minimum absolute atomic E-state index is 0.0126. The molecule has 0 atom stereocenters. The Bertz CT molecular complexity index is 4850. The van der Waals surface area contributed by atoms with Crippen molar-refractivity contribution in [3.05, 3.63) is 233 Å². The van der Waals surface area contributed by atoms with Crippen molar-refractivity contribution in [1.82, 2.24) is 0 Å². The molecule has 0 aromatic heterocycles. The Balaban J connectivity index is 1.14. The van der Waals surface area contributed by atoms with Crippen LogP contribution in [0.2, 0.25) is 0 Å². The smallest absolute Gasteiger partial charge is 0.256 e. The van der Waals surface area contributed by atoms with E-state index in [1.807, 2.05) is 0 Å². The lowest BCUT2D eigenvalue weighted by molar-refractivity contribution is 0.459. The topological polar surface area (TPSA) is 37.4 Å². The monoisotopic (exact) mass is 1320 g/mol. The second-order valence-electron chi connectivity index (χ2n) is 37.3. The molecule has 4 aliphatic heterocycles. The SMILES string of the molecule is CC(C)(C)c1ccc(Oc2cc3c4c(c2)N(c2ccccc2)c2cc5c(cc2B4c2c(cc(C(C)(C)C)cc2C(C)(C)C)O3)B2c3c(cc(Oc4ccc(C(C)(C)C)cc4)cc3N(c3cc(C(C)(C)C)cc(C(C)(C)C)c3)c3cc(C(C)(C)C)cc(C(C)(C)C)c32)N5c2ccccc2)cc1. The first-order valence-electron chi connectivity index (χ1n) is 36.4. The maximum Gasteiger partial charge on any atom is 0.256 e. The molecule has 0 aliphatic carbocycles. The zero-order chi connectivity index (χ0) is 71.7. The van der Waals surface area contributed by atoms with E-state index in [0.717, 1.165) is 79.7 Å². The number of fused-ring (bicyclic) bond motifs is 8. The summed E-state index contributed by atoms with van der Waals surface area (Å²) in [5.41, 5.74) is 26.1. The average Bonchev–Trinajstić information content (AvgIpc) is 0.682. The molecule has 100 heavy (non-hydrogen) atoms. The predicted molar refractivity (Wildman–Crippen MR) is 429 cm³/mol. The minimum atomic E-state index is -0.301. The normalized spacial score (nSPS) is 14.4. The highest BCUT2D eigenvalue weighted by Gasteiger charge is 2.51. The van der Waals surface area contributed by atoms with Crippen molar-refractivity contribution in [3.63, 3.8) is 0 Å². The van der Waals surface area contributed by atoms with Gasteiger partial charge in [0, 0.05) is 75.5 Å². The number of rotatable bonds is 7. The van der Waals surface area contributed by atoms with Gasteiger partial charge < -0.3 is 28.9 Å². The van der Waals surface area contributed by atoms with E-state index in [0.29, 0.717) is 5.75 Å². The van der Waals surface area contributed by atoms with Gasteiger partial charge in [0.05, 0.1) is 0 Å². The van der Waals surface area contributed by atoms with Gasteiger partial charge in [0.1, 0.15) is 34.5 Å². The Morgan fingerprint density at radius 1 is 0.250 bits per heavy atom. The van der Waals surface area contributed by atoms with Gasteiger partial charge in [-0.15, -0.1) is 0 Å². The first kappa shape index (κ1) is 68.3. The first-order chi connectivity index (χ1) is 46.6. The van der Waals surface area contributed by atoms with Crippen LogP contribution in [0, 0.1) is 0 Å². The molecule has 510 valence electrons. The highest BCUT2D eigenvalue weighted by Crippen LogP contribution is 2.53. The van der Waals surface area contributed by atoms with E-state index in [9.17, 15) is 0 Å². The predicted octanol–water partition coefficient (Wildman–Crippen LogP) is 22.1. The van der Waals surface area contributed by atoms with Gasteiger partial charge in [0.25, 0.3) is 13.4 Å². The zero-order valence-corrected chi connectivity index (χ0v) is 64.1. The third-order valence-corrected chi connectivity index (χ3v) is 21.3. The molecule has 0 radical (unpaired) electrons. The van der Waals surface area contributed by atoms with Gasteiger partial charge in [-0.3, -0.25) is 0 Å². The second kappa shape index (κ2) is 23.3. The van der Waals surface area contributed by atoms with Crippen LogP contribution in [0.15, 0.2) is 188 Å². The van der Waals surface area contributed by atoms with Crippen LogP contribution in [0.25, 0.3) is 0 Å². The average molecular weight is 1320 g/mol.